The molecule has 0 aromatic heterocycles. The van der Waals surface area contributed by atoms with Crippen molar-refractivity contribution >= 4 is 17.6 Å². The van der Waals surface area contributed by atoms with Gasteiger partial charge in [0, 0.05) is 43.2 Å². The molecule has 2 aromatic rings. The molecule has 0 saturated carbocycles. The molecule has 3 aliphatic heterocycles. The lowest BCUT2D eigenvalue weighted by Gasteiger charge is -2.39. The van der Waals surface area contributed by atoms with E-state index in [4.69, 9.17) is 14.6 Å². The fourth-order valence-corrected chi connectivity index (χ4v) is 6.07. The monoisotopic (exact) mass is 551 g/mol. The number of anilines is 1. The van der Waals surface area contributed by atoms with Crippen molar-refractivity contribution in [2.45, 2.75) is 76.1 Å². The van der Waals surface area contributed by atoms with E-state index in [1.165, 1.54) is 38.8 Å². The van der Waals surface area contributed by atoms with E-state index in [1.807, 2.05) is 36.4 Å². The summed E-state index contributed by atoms with van der Waals surface area (Å²) in [5.41, 5.74) is 3.39. The number of likely N-dealkylation sites (tertiary alicyclic amines) is 2. The molecule has 5 rings (SSSR count). The maximum Gasteiger partial charge on any atom is 0.303 e. The van der Waals surface area contributed by atoms with Crippen LogP contribution < -0.4 is 5.32 Å². The Balaban J connectivity index is 1.28. The van der Waals surface area contributed by atoms with Gasteiger partial charge in [0.2, 0.25) is 5.91 Å². The van der Waals surface area contributed by atoms with Gasteiger partial charge < -0.3 is 29.9 Å². The first-order valence-electron chi connectivity index (χ1n) is 14.6. The number of ether oxygens (including phenoxy) is 2. The molecule has 0 bridgehead atoms. The van der Waals surface area contributed by atoms with Gasteiger partial charge >= 0.3 is 5.97 Å². The first-order valence-corrected chi connectivity index (χ1v) is 14.6. The Labute approximate surface area is 236 Å². The minimum atomic E-state index is -0.997. The summed E-state index contributed by atoms with van der Waals surface area (Å²) >= 11 is 0. The third-order valence-corrected chi connectivity index (χ3v) is 8.25. The number of benzene rings is 2. The number of hydrogen-bond acceptors (Lipinski definition) is 7. The van der Waals surface area contributed by atoms with Gasteiger partial charge in [0.05, 0.1) is 25.2 Å². The van der Waals surface area contributed by atoms with Crippen LogP contribution in [0.5, 0.6) is 0 Å². The molecule has 2 aromatic carbocycles. The molecule has 0 spiro atoms. The summed E-state index contributed by atoms with van der Waals surface area (Å²) in [4.78, 5) is 28.0. The standard InChI is InChI=1S/C31H41N3O6/c35-21-22-5-7-23(8-6-22)28-18-27(20-34-17-3-4-26(34)19-33-15-1-2-16-33)39-31(40-28)24-9-11-25(12-10-24)32-29(36)13-14-30(37)38/h5-12,26-28,31,35H,1-4,13-21H2,(H,32,36)(H,37,38). The highest BCUT2D eigenvalue weighted by Gasteiger charge is 2.36. The fraction of sp³-hybridized carbons (Fsp3) is 0.548. The van der Waals surface area contributed by atoms with Gasteiger partial charge in [0.25, 0.3) is 0 Å². The Bertz CT molecular complexity index is 1120. The summed E-state index contributed by atoms with van der Waals surface area (Å²) in [6.07, 6.45) is 4.83. The van der Waals surface area contributed by atoms with Crippen LogP contribution in [0.25, 0.3) is 0 Å². The molecule has 0 aliphatic carbocycles. The average Bonchev–Trinajstić information content (AvgIpc) is 3.65. The highest BCUT2D eigenvalue weighted by Crippen LogP contribution is 2.39. The number of rotatable bonds is 11. The molecule has 1 amide bonds. The molecule has 3 saturated heterocycles. The number of carboxylic acids is 1. The lowest BCUT2D eigenvalue weighted by atomic mass is 9.99. The van der Waals surface area contributed by atoms with E-state index in [0.29, 0.717) is 11.7 Å². The number of aliphatic carboxylic acids is 1. The third-order valence-electron chi connectivity index (χ3n) is 8.25. The summed E-state index contributed by atoms with van der Waals surface area (Å²) in [7, 11) is 0. The smallest absolute Gasteiger partial charge is 0.303 e. The second-order valence-electron chi connectivity index (χ2n) is 11.2. The minimum absolute atomic E-state index is 0.00385. The van der Waals surface area contributed by atoms with Gasteiger partial charge in [0.1, 0.15) is 0 Å². The summed E-state index contributed by atoms with van der Waals surface area (Å²) in [5, 5.41) is 21.0. The van der Waals surface area contributed by atoms with Crippen molar-refractivity contribution in [3.63, 3.8) is 0 Å². The van der Waals surface area contributed by atoms with Gasteiger partial charge in [-0.05, 0) is 68.6 Å². The van der Waals surface area contributed by atoms with Crippen molar-refractivity contribution in [3.8, 4) is 0 Å². The number of nitrogens with zero attached hydrogens (tertiary/aromatic N) is 2. The Morgan fingerprint density at radius 1 is 0.875 bits per heavy atom. The van der Waals surface area contributed by atoms with Gasteiger partial charge in [0.15, 0.2) is 6.29 Å². The quantitative estimate of drug-likeness (QED) is 0.383. The Morgan fingerprint density at radius 3 is 2.30 bits per heavy atom. The number of carboxylic acid groups (broad SMARTS) is 1. The number of carbonyl (C=O) groups is 2. The van der Waals surface area contributed by atoms with Crippen molar-refractivity contribution in [1.82, 2.24) is 9.80 Å². The molecule has 4 unspecified atom stereocenters. The van der Waals surface area contributed by atoms with Gasteiger partial charge in [-0.3, -0.25) is 14.5 Å². The van der Waals surface area contributed by atoms with Crippen LogP contribution in [0, 0.1) is 0 Å². The van der Waals surface area contributed by atoms with Crippen LogP contribution in [-0.4, -0.2) is 76.8 Å². The van der Waals surface area contributed by atoms with E-state index in [2.05, 4.69) is 15.1 Å². The third kappa shape index (κ3) is 7.67. The van der Waals surface area contributed by atoms with Crippen LogP contribution in [0.3, 0.4) is 0 Å². The number of nitrogens with one attached hydrogen (secondary N) is 1. The maximum atomic E-state index is 12.0. The van der Waals surface area contributed by atoms with Crippen LogP contribution in [0.4, 0.5) is 5.69 Å². The SMILES string of the molecule is O=C(O)CCC(=O)Nc1ccc(C2OC(CN3CCCC3CN3CCCC3)CC(c3ccc(CO)cc3)O2)cc1. The largest absolute Gasteiger partial charge is 0.481 e. The molecular weight excluding hydrogens is 510 g/mol. The number of carbonyl (C=O) groups excluding carboxylic acids is 1. The van der Waals surface area contributed by atoms with Crippen molar-refractivity contribution in [1.29, 1.82) is 0 Å². The summed E-state index contributed by atoms with van der Waals surface area (Å²) in [5.74, 6) is -1.33. The highest BCUT2D eigenvalue weighted by atomic mass is 16.7. The Hall–Kier alpha value is -2.82. The van der Waals surface area contributed by atoms with E-state index in [1.54, 1.807) is 12.1 Å². The second-order valence-corrected chi connectivity index (χ2v) is 11.2. The second kappa shape index (κ2) is 13.7. The number of hydrogen-bond donors (Lipinski definition) is 3. The van der Waals surface area contributed by atoms with E-state index in [9.17, 15) is 14.7 Å². The molecule has 216 valence electrons. The molecule has 4 atom stereocenters. The van der Waals surface area contributed by atoms with E-state index >= 15 is 0 Å². The van der Waals surface area contributed by atoms with Gasteiger partial charge in [-0.2, -0.15) is 0 Å². The van der Waals surface area contributed by atoms with Crippen molar-refractivity contribution in [2.75, 3.05) is 38.0 Å². The maximum absolute atomic E-state index is 12.0. The van der Waals surface area contributed by atoms with Crippen LogP contribution in [0.15, 0.2) is 48.5 Å². The average molecular weight is 552 g/mol. The first-order chi connectivity index (χ1) is 19.5. The van der Waals surface area contributed by atoms with Crippen LogP contribution in [-0.2, 0) is 25.7 Å². The van der Waals surface area contributed by atoms with Gasteiger partial charge in [-0.25, -0.2) is 0 Å². The van der Waals surface area contributed by atoms with Gasteiger partial charge in [-0.15, -0.1) is 0 Å². The molecule has 9 nitrogen and oxygen atoms in total. The molecule has 0 radical (unpaired) electrons. The molecule has 3 aliphatic rings. The van der Waals surface area contributed by atoms with Crippen molar-refractivity contribution in [2.24, 2.45) is 0 Å². The summed E-state index contributed by atoms with van der Waals surface area (Å²) < 4.78 is 13.0. The fourth-order valence-electron chi connectivity index (χ4n) is 6.07. The Morgan fingerprint density at radius 2 is 1.60 bits per heavy atom. The highest BCUT2D eigenvalue weighted by molar-refractivity contribution is 5.92. The van der Waals surface area contributed by atoms with Gasteiger partial charge in [-0.1, -0.05) is 36.4 Å². The van der Waals surface area contributed by atoms with Crippen molar-refractivity contribution in [3.05, 3.63) is 65.2 Å². The predicted molar refractivity (Wildman–Crippen MR) is 151 cm³/mol. The normalized spacial score (nSPS) is 25.7. The van der Waals surface area contributed by atoms with Crippen LogP contribution in [0.1, 0.15) is 74.0 Å². The minimum Gasteiger partial charge on any atom is -0.481 e. The zero-order valence-corrected chi connectivity index (χ0v) is 23.0. The van der Waals surface area contributed by atoms with Crippen LogP contribution in [0.2, 0.25) is 0 Å². The molecule has 40 heavy (non-hydrogen) atoms. The molecular formula is C31H41N3O6. The Kier molecular flexibility index (Phi) is 9.83. The predicted octanol–water partition coefficient (Wildman–Crippen LogP) is 4.09. The summed E-state index contributed by atoms with van der Waals surface area (Å²) in [6.45, 7) is 5.52. The molecule has 9 heteroatoms. The topological polar surface area (TPSA) is 112 Å². The summed E-state index contributed by atoms with van der Waals surface area (Å²) in [6, 6.07) is 15.8. The van der Waals surface area contributed by atoms with Crippen molar-refractivity contribution < 1.29 is 29.3 Å². The van der Waals surface area contributed by atoms with E-state index in [-0.39, 0.29) is 37.6 Å². The molecule has 3 fully saturated rings. The zero-order valence-electron chi connectivity index (χ0n) is 23.0. The molecule has 3 heterocycles. The zero-order chi connectivity index (χ0) is 27.9. The van der Waals surface area contributed by atoms with E-state index in [0.717, 1.165) is 42.7 Å². The molecule has 3 N–H and O–H groups in total. The van der Waals surface area contributed by atoms with E-state index < -0.39 is 12.3 Å². The first kappa shape index (κ1) is 28.7. The number of aliphatic hydroxyl groups excluding tert-OH is 1. The van der Waals surface area contributed by atoms with Crippen LogP contribution >= 0.6 is 0 Å². The number of amides is 1. The lowest BCUT2D eigenvalue weighted by molar-refractivity contribution is -0.253. The number of aliphatic hydroxyl groups is 1. The lowest BCUT2D eigenvalue weighted by Crippen LogP contribution is -2.45.